The van der Waals surface area contributed by atoms with Crippen molar-refractivity contribution in [1.82, 2.24) is 5.32 Å². The highest BCUT2D eigenvalue weighted by Gasteiger charge is 2.44. The van der Waals surface area contributed by atoms with E-state index in [4.69, 9.17) is 4.74 Å². The van der Waals surface area contributed by atoms with E-state index in [0.29, 0.717) is 5.56 Å². The lowest BCUT2D eigenvalue weighted by molar-refractivity contribution is -0.150. The molecule has 0 fully saturated rings. The van der Waals surface area contributed by atoms with Gasteiger partial charge in [-0.05, 0) is 23.8 Å². The maximum Gasteiger partial charge on any atom is 0.418 e. The number of rotatable bonds is 6. The molecule has 3 rings (SSSR count). The number of anilines is 1. The molecule has 2 atom stereocenters. The van der Waals surface area contributed by atoms with E-state index in [1.807, 2.05) is 6.07 Å². The second-order valence-electron chi connectivity index (χ2n) is 7.26. The summed E-state index contributed by atoms with van der Waals surface area (Å²) in [4.78, 5) is 37.6. The number of methoxy groups -OCH3 is 1. The fraction of sp³-hybridized carbons (Fsp3) is 0.217. The van der Waals surface area contributed by atoms with Crippen LogP contribution in [0.1, 0.15) is 17.0 Å². The highest BCUT2D eigenvalue weighted by molar-refractivity contribution is 9.10. The van der Waals surface area contributed by atoms with Gasteiger partial charge < -0.3 is 15.4 Å². The molecule has 2 amide bonds. The van der Waals surface area contributed by atoms with Crippen LogP contribution in [0.4, 0.5) is 18.9 Å². The Morgan fingerprint density at radius 3 is 2.51 bits per heavy atom. The van der Waals surface area contributed by atoms with Gasteiger partial charge in [0.1, 0.15) is 5.92 Å². The number of allylic oxidation sites excluding steroid dienone is 1. The molecule has 2 aromatic carbocycles. The van der Waals surface area contributed by atoms with Crippen LogP contribution in [0.3, 0.4) is 0 Å². The van der Waals surface area contributed by atoms with E-state index in [-0.39, 0.29) is 15.1 Å². The zero-order chi connectivity index (χ0) is 25.8. The van der Waals surface area contributed by atoms with Crippen molar-refractivity contribution in [3.63, 3.8) is 0 Å². The molecule has 12 heteroatoms. The number of halogens is 4. The Bertz CT molecular complexity index is 1230. The number of thioether (sulfide) groups is 1. The smallest absolute Gasteiger partial charge is 0.418 e. The van der Waals surface area contributed by atoms with Gasteiger partial charge in [0.15, 0.2) is 0 Å². The van der Waals surface area contributed by atoms with Crippen LogP contribution < -0.4 is 10.6 Å². The molecule has 1 aliphatic rings. The van der Waals surface area contributed by atoms with Crippen molar-refractivity contribution in [2.24, 2.45) is 5.92 Å². The second kappa shape index (κ2) is 11.0. The maximum absolute atomic E-state index is 13.3. The number of amides is 2. The van der Waals surface area contributed by atoms with Crippen molar-refractivity contribution in [1.29, 1.82) is 5.26 Å². The van der Waals surface area contributed by atoms with Gasteiger partial charge in [-0.25, -0.2) is 0 Å². The molecule has 0 spiro atoms. The summed E-state index contributed by atoms with van der Waals surface area (Å²) in [5.41, 5.74) is -0.912. The molecule has 0 bridgehead atoms. The number of carbonyl (C=O) groups is 3. The topological polar surface area (TPSA) is 108 Å². The van der Waals surface area contributed by atoms with E-state index in [0.717, 1.165) is 31.0 Å². The first-order valence-corrected chi connectivity index (χ1v) is 11.7. The van der Waals surface area contributed by atoms with Gasteiger partial charge in [-0.3, -0.25) is 14.4 Å². The zero-order valence-corrected chi connectivity index (χ0v) is 20.4. The maximum atomic E-state index is 13.3. The van der Waals surface area contributed by atoms with Crippen LogP contribution >= 0.6 is 27.7 Å². The molecule has 35 heavy (non-hydrogen) atoms. The van der Waals surface area contributed by atoms with Crippen LogP contribution in [0.25, 0.3) is 0 Å². The summed E-state index contributed by atoms with van der Waals surface area (Å²) in [6, 6.07) is 13.7. The van der Waals surface area contributed by atoms with Gasteiger partial charge in [0, 0.05) is 10.4 Å². The minimum Gasteiger partial charge on any atom is -0.468 e. The van der Waals surface area contributed by atoms with Crippen LogP contribution in [-0.4, -0.2) is 30.6 Å². The lowest BCUT2D eigenvalue weighted by Crippen LogP contribution is -2.44. The van der Waals surface area contributed by atoms with E-state index in [1.165, 1.54) is 6.07 Å². The average Bonchev–Trinajstić information content (AvgIpc) is 2.82. The molecular weight excluding hydrogens is 551 g/mol. The predicted molar refractivity (Wildman–Crippen MR) is 126 cm³/mol. The van der Waals surface area contributed by atoms with Gasteiger partial charge >= 0.3 is 12.1 Å². The summed E-state index contributed by atoms with van der Waals surface area (Å²) in [6.07, 6.45) is -4.70. The number of ether oxygens (including phenoxy) is 1. The molecule has 0 saturated carbocycles. The molecule has 7 nitrogen and oxygen atoms in total. The van der Waals surface area contributed by atoms with E-state index >= 15 is 0 Å². The van der Waals surface area contributed by atoms with Crippen molar-refractivity contribution in [3.05, 3.63) is 74.7 Å². The van der Waals surface area contributed by atoms with E-state index in [2.05, 4.69) is 26.6 Å². The Morgan fingerprint density at radius 2 is 1.91 bits per heavy atom. The number of nitrogens with zero attached hydrogens (tertiary/aromatic N) is 1. The standard InChI is InChI=1S/C23H17BrF3N3O4S/c1-34-22(33)19-18(12-5-3-2-4-6-12)14(10-28)21(30-20(19)32)35-11-17(31)29-16-8-7-13(24)9-15(16)23(25,26)27/h2-9,18-19H,11H2,1H3,(H,29,31)(H,30,32)/t18-,19-/m0/s1. The third-order valence-corrected chi connectivity index (χ3v) is 6.56. The molecule has 1 heterocycles. The van der Waals surface area contributed by atoms with Gasteiger partial charge in [0.25, 0.3) is 0 Å². The van der Waals surface area contributed by atoms with Crippen LogP contribution in [0, 0.1) is 17.2 Å². The van der Waals surface area contributed by atoms with Crippen molar-refractivity contribution >= 4 is 51.2 Å². The molecule has 1 aliphatic heterocycles. The van der Waals surface area contributed by atoms with Crippen LogP contribution in [0.2, 0.25) is 0 Å². The van der Waals surface area contributed by atoms with Crippen LogP contribution in [0.5, 0.6) is 0 Å². The number of hydrogen-bond acceptors (Lipinski definition) is 6. The molecule has 182 valence electrons. The van der Waals surface area contributed by atoms with Crippen LogP contribution in [-0.2, 0) is 25.3 Å². The molecule has 0 saturated heterocycles. The minimum atomic E-state index is -4.70. The predicted octanol–water partition coefficient (Wildman–Crippen LogP) is 4.58. The van der Waals surface area contributed by atoms with Gasteiger partial charge in [-0.2, -0.15) is 18.4 Å². The van der Waals surface area contributed by atoms with Gasteiger partial charge in [-0.1, -0.05) is 58.0 Å². The lowest BCUT2D eigenvalue weighted by Gasteiger charge is -2.30. The average molecular weight is 568 g/mol. The highest BCUT2D eigenvalue weighted by atomic mass is 79.9. The van der Waals surface area contributed by atoms with Crippen molar-refractivity contribution < 1.29 is 32.3 Å². The SMILES string of the molecule is COC(=O)[C@@H]1C(=O)NC(SCC(=O)Nc2ccc(Br)cc2C(F)(F)F)=C(C#N)[C@@H]1c1ccccc1. The van der Waals surface area contributed by atoms with Gasteiger partial charge in [0.05, 0.1) is 40.8 Å². The number of carbonyl (C=O) groups excluding carboxylic acids is 3. The Kier molecular flexibility index (Phi) is 8.24. The summed E-state index contributed by atoms with van der Waals surface area (Å²) in [5.74, 6) is -5.03. The fourth-order valence-corrected chi connectivity index (χ4v) is 4.73. The van der Waals surface area contributed by atoms with Crippen molar-refractivity contribution in [2.75, 3.05) is 18.2 Å². The zero-order valence-electron chi connectivity index (χ0n) is 18.0. The summed E-state index contributed by atoms with van der Waals surface area (Å²) < 4.78 is 44.9. The number of nitrogens with one attached hydrogen (secondary N) is 2. The van der Waals surface area contributed by atoms with E-state index < -0.39 is 52.8 Å². The summed E-state index contributed by atoms with van der Waals surface area (Å²) in [7, 11) is 1.12. The van der Waals surface area contributed by atoms with Crippen molar-refractivity contribution in [3.8, 4) is 6.07 Å². The molecule has 0 aromatic heterocycles. The quantitative estimate of drug-likeness (QED) is 0.391. The number of benzene rings is 2. The van der Waals surface area contributed by atoms with Crippen LogP contribution in [0.15, 0.2) is 63.6 Å². The summed E-state index contributed by atoms with van der Waals surface area (Å²) in [5, 5.41) is 14.6. The molecule has 0 aliphatic carbocycles. The Morgan fingerprint density at radius 1 is 1.23 bits per heavy atom. The first kappa shape index (κ1) is 26.3. The highest BCUT2D eigenvalue weighted by Crippen LogP contribution is 2.40. The van der Waals surface area contributed by atoms with Gasteiger partial charge in [-0.15, -0.1) is 0 Å². The Labute approximate surface area is 210 Å². The summed E-state index contributed by atoms with van der Waals surface area (Å²) in [6.45, 7) is 0. The number of nitriles is 1. The van der Waals surface area contributed by atoms with Gasteiger partial charge in [0.2, 0.25) is 11.8 Å². The molecule has 0 unspecified atom stereocenters. The molecule has 0 radical (unpaired) electrons. The third-order valence-electron chi connectivity index (χ3n) is 5.05. The van der Waals surface area contributed by atoms with Crippen molar-refractivity contribution in [2.45, 2.75) is 12.1 Å². The monoisotopic (exact) mass is 567 g/mol. The second-order valence-corrected chi connectivity index (χ2v) is 9.16. The Balaban J connectivity index is 1.87. The normalized spacial score (nSPS) is 17.9. The van der Waals surface area contributed by atoms with E-state index in [9.17, 15) is 32.8 Å². The number of esters is 1. The first-order valence-electron chi connectivity index (χ1n) is 9.94. The molecule has 2 aromatic rings. The lowest BCUT2D eigenvalue weighted by atomic mass is 9.78. The molecular formula is C23H17BrF3N3O4S. The number of hydrogen-bond donors (Lipinski definition) is 2. The number of alkyl halides is 3. The first-order chi connectivity index (χ1) is 16.6. The Hall–Kier alpha value is -3.30. The largest absolute Gasteiger partial charge is 0.468 e. The third kappa shape index (κ3) is 6.04. The summed E-state index contributed by atoms with van der Waals surface area (Å²) >= 11 is 3.74. The van der Waals surface area contributed by atoms with E-state index in [1.54, 1.807) is 30.3 Å². The molecule has 2 N–H and O–H groups in total. The fourth-order valence-electron chi connectivity index (χ4n) is 3.52. The minimum absolute atomic E-state index is 0.0311.